The maximum Gasteiger partial charge on any atom is 0.272 e. The first kappa shape index (κ1) is 15.8. The quantitative estimate of drug-likeness (QED) is 0.871. The molecule has 1 aromatic heterocycles. The van der Waals surface area contributed by atoms with Gasteiger partial charge < -0.3 is 15.1 Å². The number of hydrogen-bond donors (Lipinski definition) is 1. The maximum absolute atomic E-state index is 12.4. The monoisotopic (exact) mass is 290 g/mol. The van der Waals surface area contributed by atoms with E-state index in [-0.39, 0.29) is 5.91 Å². The highest BCUT2D eigenvalue weighted by molar-refractivity contribution is 5.92. The van der Waals surface area contributed by atoms with Crippen LogP contribution in [0.5, 0.6) is 0 Å². The van der Waals surface area contributed by atoms with Crippen molar-refractivity contribution in [2.45, 2.75) is 32.7 Å². The summed E-state index contributed by atoms with van der Waals surface area (Å²) in [5.74, 6) is 0.741. The summed E-state index contributed by atoms with van der Waals surface area (Å²) in [4.78, 5) is 21.0. The van der Waals surface area contributed by atoms with Gasteiger partial charge in [0.1, 0.15) is 11.5 Å². The predicted molar refractivity (Wildman–Crippen MR) is 85.6 cm³/mol. The van der Waals surface area contributed by atoms with E-state index < -0.39 is 0 Å². The smallest absolute Gasteiger partial charge is 0.272 e. The lowest BCUT2D eigenvalue weighted by Gasteiger charge is -2.21. The number of amides is 1. The third-order valence-electron chi connectivity index (χ3n) is 3.70. The van der Waals surface area contributed by atoms with Crippen LogP contribution < -0.4 is 5.32 Å². The number of nitrogens with one attached hydrogen (secondary N) is 1. The second-order valence-electron chi connectivity index (χ2n) is 5.98. The van der Waals surface area contributed by atoms with Gasteiger partial charge in [0.15, 0.2) is 0 Å². The topological polar surface area (TPSA) is 48.5 Å². The lowest BCUT2D eigenvalue weighted by atomic mass is 10.3. The molecule has 0 unspecified atom stereocenters. The SMILES string of the molecule is CC(C)Nc1cccc(C(=O)N(C)CCN2CCCC2)n1. The number of nitrogens with zero attached hydrogens (tertiary/aromatic N) is 3. The first-order valence-corrected chi connectivity index (χ1v) is 7.77. The van der Waals surface area contributed by atoms with E-state index in [0.29, 0.717) is 11.7 Å². The molecule has 2 heterocycles. The van der Waals surface area contributed by atoms with Crippen molar-refractivity contribution in [3.63, 3.8) is 0 Å². The Labute approximate surface area is 127 Å². The summed E-state index contributed by atoms with van der Waals surface area (Å²) in [7, 11) is 1.85. The summed E-state index contributed by atoms with van der Waals surface area (Å²) in [5, 5.41) is 3.23. The zero-order valence-electron chi connectivity index (χ0n) is 13.3. The molecule has 0 aromatic carbocycles. The standard InChI is InChI=1S/C16H26N4O/c1-13(2)17-15-8-6-7-14(18-15)16(21)19(3)11-12-20-9-4-5-10-20/h6-8,13H,4-5,9-12H2,1-3H3,(H,17,18). The summed E-state index contributed by atoms with van der Waals surface area (Å²) >= 11 is 0. The third kappa shape index (κ3) is 4.70. The largest absolute Gasteiger partial charge is 0.368 e. The van der Waals surface area contributed by atoms with E-state index >= 15 is 0 Å². The zero-order valence-corrected chi connectivity index (χ0v) is 13.3. The molecule has 116 valence electrons. The Morgan fingerprint density at radius 3 is 2.76 bits per heavy atom. The minimum absolute atomic E-state index is 0.0124. The fourth-order valence-electron chi connectivity index (χ4n) is 2.52. The van der Waals surface area contributed by atoms with Gasteiger partial charge in [-0.1, -0.05) is 6.07 Å². The summed E-state index contributed by atoms with van der Waals surface area (Å²) in [6.45, 7) is 8.13. The van der Waals surface area contributed by atoms with E-state index in [9.17, 15) is 4.79 Å². The first-order chi connectivity index (χ1) is 10.1. The van der Waals surface area contributed by atoms with Crippen LogP contribution in [0, 0.1) is 0 Å². The Hall–Kier alpha value is -1.62. The number of likely N-dealkylation sites (tertiary alicyclic amines) is 1. The molecule has 1 aliphatic heterocycles. The van der Waals surface area contributed by atoms with E-state index in [2.05, 4.69) is 29.0 Å². The summed E-state index contributed by atoms with van der Waals surface area (Å²) in [6, 6.07) is 5.84. The molecule has 0 bridgehead atoms. The van der Waals surface area contributed by atoms with Crippen molar-refractivity contribution in [1.82, 2.24) is 14.8 Å². The molecule has 1 aromatic rings. The van der Waals surface area contributed by atoms with E-state index in [1.807, 2.05) is 19.2 Å². The summed E-state index contributed by atoms with van der Waals surface area (Å²) in [6.07, 6.45) is 2.56. The lowest BCUT2D eigenvalue weighted by molar-refractivity contribution is 0.0776. The minimum atomic E-state index is -0.0124. The number of aromatic nitrogens is 1. The highest BCUT2D eigenvalue weighted by atomic mass is 16.2. The van der Waals surface area contributed by atoms with Crippen LogP contribution in [0.15, 0.2) is 18.2 Å². The van der Waals surface area contributed by atoms with Gasteiger partial charge in [-0.3, -0.25) is 4.79 Å². The van der Waals surface area contributed by atoms with Gasteiger partial charge in [0, 0.05) is 26.2 Å². The van der Waals surface area contributed by atoms with Crippen molar-refractivity contribution in [2.24, 2.45) is 0 Å². The lowest BCUT2D eigenvalue weighted by Crippen LogP contribution is -2.35. The van der Waals surface area contributed by atoms with Gasteiger partial charge in [-0.05, 0) is 51.9 Å². The van der Waals surface area contributed by atoms with Crippen molar-refractivity contribution in [3.05, 3.63) is 23.9 Å². The van der Waals surface area contributed by atoms with Gasteiger partial charge in [-0.15, -0.1) is 0 Å². The van der Waals surface area contributed by atoms with Crippen molar-refractivity contribution < 1.29 is 4.79 Å². The van der Waals surface area contributed by atoms with Crippen molar-refractivity contribution in [1.29, 1.82) is 0 Å². The van der Waals surface area contributed by atoms with Crippen LogP contribution in [0.25, 0.3) is 0 Å². The van der Waals surface area contributed by atoms with Crippen molar-refractivity contribution in [2.75, 3.05) is 38.5 Å². The van der Waals surface area contributed by atoms with Crippen LogP contribution in [0.2, 0.25) is 0 Å². The summed E-state index contributed by atoms with van der Waals surface area (Å²) in [5.41, 5.74) is 0.504. The fourth-order valence-corrected chi connectivity index (χ4v) is 2.52. The molecule has 0 saturated carbocycles. The van der Waals surface area contributed by atoms with E-state index in [0.717, 1.165) is 32.0 Å². The van der Waals surface area contributed by atoms with Gasteiger partial charge in [0.25, 0.3) is 5.91 Å². The Bertz CT molecular complexity index is 469. The Morgan fingerprint density at radius 2 is 2.10 bits per heavy atom. The normalized spacial score (nSPS) is 15.4. The number of pyridine rings is 1. The van der Waals surface area contributed by atoms with Crippen molar-refractivity contribution in [3.8, 4) is 0 Å². The molecule has 1 fully saturated rings. The molecule has 1 amide bonds. The predicted octanol–water partition coefficient (Wildman–Crippen LogP) is 2.07. The van der Waals surface area contributed by atoms with E-state index in [1.165, 1.54) is 12.8 Å². The Kier molecular flexibility index (Phi) is 5.56. The molecule has 0 aliphatic carbocycles. The highest BCUT2D eigenvalue weighted by Gasteiger charge is 2.16. The van der Waals surface area contributed by atoms with Crippen LogP contribution >= 0.6 is 0 Å². The minimum Gasteiger partial charge on any atom is -0.368 e. The van der Waals surface area contributed by atoms with Gasteiger partial charge >= 0.3 is 0 Å². The van der Waals surface area contributed by atoms with Gasteiger partial charge in [0.05, 0.1) is 0 Å². The van der Waals surface area contributed by atoms with Crippen LogP contribution in [0.4, 0.5) is 5.82 Å². The molecule has 1 N–H and O–H groups in total. The van der Waals surface area contributed by atoms with Crippen LogP contribution in [0.1, 0.15) is 37.2 Å². The summed E-state index contributed by atoms with van der Waals surface area (Å²) < 4.78 is 0. The van der Waals surface area contributed by atoms with Gasteiger partial charge in [-0.25, -0.2) is 4.98 Å². The average molecular weight is 290 g/mol. The highest BCUT2D eigenvalue weighted by Crippen LogP contribution is 2.10. The molecular weight excluding hydrogens is 264 g/mol. The molecule has 21 heavy (non-hydrogen) atoms. The number of rotatable bonds is 6. The van der Waals surface area contributed by atoms with E-state index in [4.69, 9.17) is 0 Å². The molecule has 5 nitrogen and oxygen atoms in total. The second-order valence-corrected chi connectivity index (χ2v) is 5.98. The number of hydrogen-bond acceptors (Lipinski definition) is 4. The molecule has 2 rings (SSSR count). The molecule has 0 radical (unpaired) electrons. The van der Waals surface area contributed by atoms with Crippen LogP contribution in [-0.4, -0.2) is 60.0 Å². The van der Waals surface area contributed by atoms with Crippen molar-refractivity contribution >= 4 is 11.7 Å². The van der Waals surface area contributed by atoms with Crippen LogP contribution in [0.3, 0.4) is 0 Å². The Balaban J connectivity index is 1.91. The molecular formula is C16H26N4O. The van der Waals surface area contributed by atoms with Crippen LogP contribution in [-0.2, 0) is 0 Å². The number of likely N-dealkylation sites (N-methyl/N-ethyl adjacent to an activating group) is 1. The molecule has 5 heteroatoms. The maximum atomic E-state index is 12.4. The fraction of sp³-hybridized carbons (Fsp3) is 0.625. The van der Waals surface area contributed by atoms with Gasteiger partial charge in [0.2, 0.25) is 0 Å². The molecule has 0 atom stereocenters. The number of carbonyl (C=O) groups excluding carboxylic acids is 1. The molecule has 0 spiro atoms. The number of carbonyl (C=O) groups is 1. The third-order valence-corrected chi connectivity index (χ3v) is 3.70. The first-order valence-electron chi connectivity index (χ1n) is 7.77. The van der Waals surface area contributed by atoms with E-state index in [1.54, 1.807) is 11.0 Å². The number of anilines is 1. The second kappa shape index (κ2) is 7.41. The zero-order chi connectivity index (χ0) is 15.2. The average Bonchev–Trinajstić information content (AvgIpc) is 2.97. The molecule has 1 aliphatic rings. The molecule has 1 saturated heterocycles. The Morgan fingerprint density at radius 1 is 1.38 bits per heavy atom. The van der Waals surface area contributed by atoms with Gasteiger partial charge in [-0.2, -0.15) is 0 Å².